The van der Waals surface area contributed by atoms with Crippen molar-refractivity contribution in [1.29, 1.82) is 0 Å². The summed E-state index contributed by atoms with van der Waals surface area (Å²) < 4.78 is 0. The Hall–Kier alpha value is -0.120. The molecule has 1 aliphatic carbocycles. The van der Waals surface area contributed by atoms with Gasteiger partial charge >= 0.3 is 0 Å². The number of piperidine rings is 1. The quantitative estimate of drug-likeness (QED) is 0.755. The maximum Gasteiger partial charge on any atom is 0.0580 e. The van der Waals surface area contributed by atoms with Crippen LogP contribution in [0, 0.1) is 11.8 Å². The van der Waals surface area contributed by atoms with E-state index in [4.69, 9.17) is 5.11 Å². The third kappa shape index (κ3) is 4.22. The van der Waals surface area contributed by atoms with E-state index >= 15 is 0 Å². The lowest BCUT2D eigenvalue weighted by Crippen LogP contribution is -2.41. The number of aliphatic hydroxyl groups excluding tert-OH is 2. The van der Waals surface area contributed by atoms with Crippen molar-refractivity contribution in [2.24, 2.45) is 11.8 Å². The number of rotatable bonds is 4. The van der Waals surface area contributed by atoms with E-state index in [-0.39, 0.29) is 6.10 Å². The van der Waals surface area contributed by atoms with E-state index in [0.29, 0.717) is 18.4 Å². The fraction of sp³-hybridized carbons (Fsp3) is 1.00. The largest absolute Gasteiger partial charge is 0.396 e. The standard InChI is InChI=1S/C15H29NO2/c17-10-8-13-5-4-9-16(11-13)12-14-6-2-1-3-7-15(14)18/h13-15,17-18H,1-12H2. The number of nitrogens with zero attached hydrogens (tertiary/aromatic N) is 1. The van der Waals surface area contributed by atoms with Gasteiger partial charge in [0.15, 0.2) is 0 Å². The van der Waals surface area contributed by atoms with Crippen LogP contribution in [0.5, 0.6) is 0 Å². The van der Waals surface area contributed by atoms with Gasteiger partial charge < -0.3 is 15.1 Å². The number of hydrogen-bond acceptors (Lipinski definition) is 3. The fourth-order valence-corrected chi connectivity index (χ4v) is 3.64. The van der Waals surface area contributed by atoms with Crippen LogP contribution in [0.2, 0.25) is 0 Å². The van der Waals surface area contributed by atoms with Gasteiger partial charge in [-0.15, -0.1) is 0 Å². The first-order valence-corrected chi connectivity index (χ1v) is 7.81. The van der Waals surface area contributed by atoms with Crippen LogP contribution >= 0.6 is 0 Å². The topological polar surface area (TPSA) is 43.7 Å². The minimum Gasteiger partial charge on any atom is -0.396 e. The van der Waals surface area contributed by atoms with Gasteiger partial charge in [-0.3, -0.25) is 0 Å². The molecular weight excluding hydrogens is 226 g/mol. The molecule has 0 bridgehead atoms. The molecule has 3 nitrogen and oxygen atoms in total. The first-order chi connectivity index (χ1) is 8.79. The van der Waals surface area contributed by atoms with Crippen molar-refractivity contribution in [1.82, 2.24) is 4.90 Å². The molecule has 0 spiro atoms. The van der Waals surface area contributed by atoms with E-state index in [0.717, 1.165) is 25.9 Å². The number of aliphatic hydroxyl groups is 2. The third-order valence-electron chi connectivity index (χ3n) is 4.75. The molecule has 3 unspecified atom stereocenters. The zero-order valence-corrected chi connectivity index (χ0v) is 11.6. The van der Waals surface area contributed by atoms with Crippen molar-refractivity contribution in [3.05, 3.63) is 0 Å². The Kier molecular flexibility index (Phi) is 5.93. The molecule has 1 saturated carbocycles. The normalized spacial score (nSPS) is 35.3. The van der Waals surface area contributed by atoms with Crippen molar-refractivity contribution in [3.8, 4) is 0 Å². The molecule has 2 rings (SSSR count). The first-order valence-electron chi connectivity index (χ1n) is 7.81. The summed E-state index contributed by atoms with van der Waals surface area (Å²) in [7, 11) is 0. The van der Waals surface area contributed by atoms with E-state index in [9.17, 15) is 5.11 Å². The summed E-state index contributed by atoms with van der Waals surface area (Å²) in [6.07, 6.45) is 9.37. The maximum atomic E-state index is 10.2. The van der Waals surface area contributed by atoms with Gasteiger partial charge in [0.2, 0.25) is 0 Å². The highest BCUT2D eigenvalue weighted by Gasteiger charge is 2.26. The summed E-state index contributed by atoms with van der Waals surface area (Å²) in [5.41, 5.74) is 0. The van der Waals surface area contributed by atoms with Crippen molar-refractivity contribution >= 4 is 0 Å². The smallest absolute Gasteiger partial charge is 0.0580 e. The summed E-state index contributed by atoms with van der Waals surface area (Å²) in [6, 6.07) is 0. The molecule has 0 aromatic heterocycles. The van der Waals surface area contributed by atoms with E-state index in [1.54, 1.807) is 0 Å². The lowest BCUT2D eigenvalue weighted by molar-refractivity contribution is 0.0565. The van der Waals surface area contributed by atoms with Crippen molar-refractivity contribution in [2.75, 3.05) is 26.2 Å². The molecule has 0 aromatic rings. The average Bonchev–Trinajstić information content (AvgIpc) is 2.56. The predicted molar refractivity (Wildman–Crippen MR) is 73.4 cm³/mol. The van der Waals surface area contributed by atoms with Crippen LogP contribution < -0.4 is 0 Å². The molecule has 3 atom stereocenters. The Morgan fingerprint density at radius 3 is 2.67 bits per heavy atom. The summed E-state index contributed by atoms with van der Waals surface area (Å²) in [5, 5.41) is 19.2. The van der Waals surface area contributed by atoms with Crippen molar-refractivity contribution in [3.63, 3.8) is 0 Å². The summed E-state index contributed by atoms with van der Waals surface area (Å²) in [4.78, 5) is 2.53. The lowest BCUT2D eigenvalue weighted by atomic mass is 9.92. The van der Waals surface area contributed by atoms with Crippen LogP contribution in [0.3, 0.4) is 0 Å². The van der Waals surface area contributed by atoms with Crippen LogP contribution in [0.4, 0.5) is 0 Å². The third-order valence-corrected chi connectivity index (χ3v) is 4.75. The van der Waals surface area contributed by atoms with Gasteiger partial charge in [0, 0.05) is 19.7 Å². The van der Waals surface area contributed by atoms with Gasteiger partial charge in [0.05, 0.1) is 6.10 Å². The zero-order valence-electron chi connectivity index (χ0n) is 11.6. The van der Waals surface area contributed by atoms with Crippen LogP contribution in [0.1, 0.15) is 51.4 Å². The zero-order chi connectivity index (χ0) is 12.8. The monoisotopic (exact) mass is 255 g/mol. The van der Waals surface area contributed by atoms with Gasteiger partial charge in [-0.05, 0) is 50.5 Å². The molecule has 0 amide bonds. The molecule has 106 valence electrons. The second-order valence-electron chi connectivity index (χ2n) is 6.25. The second-order valence-corrected chi connectivity index (χ2v) is 6.25. The minimum atomic E-state index is -0.0780. The minimum absolute atomic E-state index is 0.0780. The molecule has 2 aliphatic rings. The molecular formula is C15H29NO2. The Labute approximate surface area is 111 Å². The Morgan fingerprint density at radius 2 is 1.83 bits per heavy atom. The van der Waals surface area contributed by atoms with Gasteiger partial charge in [-0.2, -0.15) is 0 Å². The average molecular weight is 255 g/mol. The van der Waals surface area contributed by atoms with Crippen LogP contribution in [-0.2, 0) is 0 Å². The molecule has 0 radical (unpaired) electrons. The van der Waals surface area contributed by atoms with E-state index in [1.807, 2.05) is 0 Å². The van der Waals surface area contributed by atoms with E-state index < -0.39 is 0 Å². The number of likely N-dealkylation sites (tertiary alicyclic amines) is 1. The van der Waals surface area contributed by atoms with Gasteiger partial charge in [-0.1, -0.05) is 19.3 Å². The highest BCUT2D eigenvalue weighted by molar-refractivity contribution is 4.80. The maximum absolute atomic E-state index is 10.2. The molecule has 2 fully saturated rings. The van der Waals surface area contributed by atoms with Gasteiger partial charge in [-0.25, -0.2) is 0 Å². The van der Waals surface area contributed by atoms with E-state index in [2.05, 4.69) is 4.90 Å². The van der Waals surface area contributed by atoms with Gasteiger partial charge in [0.1, 0.15) is 0 Å². The molecule has 18 heavy (non-hydrogen) atoms. The fourth-order valence-electron chi connectivity index (χ4n) is 3.64. The molecule has 3 heteroatoms. The summed E-state index contributed by atoms with van der Waals surface area (Å²) in [6.45, 7) is 3.71. The Morgan fingerprint density at radius 1 is 1.00 bits per heavy atom. The van der Waals surface area contributed by atoms with Gasteiger partial charge in [0.25, 0.3) is 0 Å². The highest BCUT2D eigenvalue weighted by atomic mass is 16.3. The van der Waals surface area contributed by atoms with Crippen molar-refractivity contribution < 1.29 is 10.2 Å². The van der Waals surface area contributed by atoms with Crippen LogP contribution in [0.15, 0.2) is 0 Å². The Bertz CT molecular complexity index is 233. The molecule has 1 aliphatic heterocycles. The SMILES string of the molecule is OCCC1CCCN(CC2CCCCCC2O)C1. The second kappa shape index (κ2) is 7.46. The Balaban J connectivity index is 1.80. The summed E-state index contributed by atoms with van der Waals surface area (Å²) >= 11 is 0. The van der Waals surface area contributed by atoms with Crippen LogP contribution in [-0.4, -0.2) is 47.5 Å². The molecule has 1 saturated heterocycles. The molecule has 1 heterocycles. The van der Waals surface area contributed by atoms with Crippen LogP contribution in [0.25, 0.3) is 0 Å². The van der Waals surface area contributed by atoms with Crippen molar-refractivity contribution in [2.45, 2.75) is 57.5 Å². The molecule has 2 N–H and O–H groups in total. The summed E-state index contributed by atoms with van der Waals surface area (Å²) in [5.74, 6) is 1.16. The lowest BCUT2D eigenvalue weighted by Gasteiger charge is -2.35. The van der Waals surface area contributed by atoms with E-state index in [1.165, 1.54) is 45.1 Å². The first kappa shape index (κ1) is 14.3. The number of hydrogen-bond donors (Lipinski definition) is 2. The highest BCUT2D eigenvalue weighted by Crippen LogP contribution is 2.26. The molecule has 0 aromatic carbocycles. The predicted octanol–water partition coefficient (Wildman–Crippen LogP) is 2.02.